The molecule has 0 aliphatic heterocycles. The number of hydrogen-bond acceptors (Lipinski definition) is 2. The summed E-state index contributed by atoms with van der Waals surface area (Å²) in [5.74, 6) is -0.228. The van der Waals surface area contributed by atoms with Crippen molar-refractivity contribution in [3.63, 3.8) is 0 Å². The van der Waals surface area contributed by atoms with Gasteiger partial charge in [0.05, 0.1) is 10.0 Å². The molecule has 0 aromatic heterocycles. The average molecular weight is 339 g/mol. The summed E-state index contributed by atoms with van der Waals surface area (Å²) in [6.45, 7) is 0.371. The third kappa shape index (κ3) is 4.17. The quantitative estimate of drug-likeness (QED) is 0.838. The summed E-state index contributed by atoms with van der Waals surface area (Å²) in [6.07, 6.45) is 0. The summed E-state index contributed by atoms with van der Waals surface area (Å²) in [7, 11) is 0. The van der Waals surface area contributed by atoms with Crippen molar-refractivity contribution in [2.24, 2.45) is 5.73 Å². The van der Waals surface area contributed by atoms with Gasteiger partial charge in [-0.1, -0.05) is 53.6 Å². The molecule has 0 spiro atoms. The van der Waals surface area contributed by atoms with Gasteiger partial charge >= 0.3 is 0 Å². The van der Waals surface area contributed by atoms with Crippen molar-refractivity contribution in [1.82, 2.24) is 5.32 Å². The minimum atomic E-state index is -0.228. The van der Waals surface area contributed by atoms with E-state index < -0.39 is 0 Å². The van der Waals surface area contributed by atoms with E-state index in [1.54, 1.807) is 12.1 Å². The predicted molar refractivity (Wildman–Crippen MR) is 90.0 cm³/mol. The Balaban J connectivity index is 2.05. The SMILES string of the molecule is NC(=S)c1cccc(CNC(=O)c2ccc(Cl)c(Cl)c2)c1. The number of thiocarbonyl (C=S) groups is 1. The Morgan fingerprint density at radius 3 is 2.52 bits per heavy atom. The molecule has 2 aromatic carbocycles. The van der Waals surface area contributed by atoms with Crippen LogP contribution in [-0.4, -0.2) is 10.9 Å². The van der Waals surface area contributed by atoms with Gasteiger partial charge in [0.1, 0.15) is 4.99 Å². The zero-order chi connectivity index (χ0) is 15.4. The Hall–Kier alpha value is -1.62. The number of hydrogen-bond donors (Lipinski definition) is 2. The first kappa shape index (κ1) is 15.8. The van der Waals surface area contributed by atoms with Gasteiger partial charge in [-0.3, -0.25) is 4.79 Å². The minimum Gasteiger partial charge on any atom is -0.389 e. The molecule has 6 heteroatoms. The van der Waals surface area contributed by atoms with Crippen LogP contribution in [0, 0.1) is 0 Å². The molecule has 0 fully saturated rings. The molecule has 0 bridgehead atoms. The van der Waals surface area contributed by atoms with Crippen LogP contribution in [0.4, 0.5) is 0 Å². The average Bonchev–Trinajstić information content (AvgIpc) is 2.48. The maximum absolute atomic E-state index is 12.0. The Kier molecular flexibility index (Phi) is 5.17. The van der Waals surface area contributed by atoms with Crippen LogP contribution in [0.2, 0.25) is 10.0 Å². The van der Waals surface area contributed by atoms with Crippen molar-refractivity contribution < 1.29 is 4.79 Å². The zero-order valence-corrected chi connectivity index (χ0v) is 13.2. The standard InChI is InChI=1S/C15H12Cl2N2OS/c16-12-5-4-11(7-13(12)17)15(20)19-8-9-2-1-3-10(6-9)14(18)21/h1-7H,8H2,(H2,18,21)(H,19,20). The highest BCUT2D eigenvalue weighted by Crippen LogP contribution is 2.22. The molecule has 3 N–H and O–H groups in total. The molecule has 0 heterocycles. The molecule has 3 nitrogen and oxygen atoms in total. The molecule has 108 valence electrons. The highest BCUT2D eigenvalue weighted by Gasteiger charge is 2.08. The number of rotatable bonds is 4. The van der Waals surface area contributed by atoms with Crippen LogP contribution in [0.5, 0.6) is 0 Å². The van der Waals surface area contributed by atoms with E-state index in [1.165, 1.54) is 6.07 Å². The second kappa shape index (κ2) is 6.89. The first-order chi connectivity index (χ1) is 9.97. The van der Waals surface area contributed by atoms with Crippen LogP contribution >= 0.6 is 35.4 Å². The van der Waals surface area contributed by atoms with Gasteiger partial charge in [-0.25, -0.2) is 0 Å². The van der Waals surface area contributed by atoms with Gasteiger partial charge in [-0.05, 0) is 29.8 Å². The monoisotopic (exact) mass is 338 g/mol. The lowest BCUT2D eigenvalue weighted by molar-refractivity contribution is 0.0951. The Bertz CT molecular complexity index is 704. The summed E-state index contributed by atoms with van der Waals surface area (Å²) in [4.78, 5) is 12.4. The molecule has 0 aliphatic carbocycles. The van der Waals surface area contributed by atoms with E-state index in [0.717, 1.165) is 11.1 Å². The molecule has 0 atom stereocenters. The van der Waals surface area contributed by atoms with E-state index in [4.69, 9.17) is 41.2 Å². The zero-order valence-electron chi connectivity index (χ0n) is 10.9. The predicted octanol–water partition coefficient (Wildman–Crippen LogP) is 3.56. The molecule has 0 saturated carbocycles. The lowest BCUT2D eigenvalue weighted by Gasteiger charge is -2.07. The lowest BCUT2D eigenvalue weighted by atomic mass is 10.1. The number of halogens is 2. The summed E-state index contributed by atoms with van der Waals surface area (Å²) < 4.78 is 0. The molecular formula is C15H12Cl2N2OS. The highest BCUT2D eigenvalue weighted by molar-refractivity contribution is 7.80. The normalized spacial score (nSPS) is 10.2. The number of carbonyl (C=O) groups excluding carboxylic acids is 1. The van der Waals surface area contributed by atoms with Gasteiger partial charge in [0.15, 0.2) is 0 Å². The van der Waals surface area contributed by atoms with E-state index in [-0.39, 0.29) is 5.91 Å². The van der Waals surface area contributed by atoms with E-state index in [2.05, 4.69) is 5.32 Å². The molecule has 1 amide bonds. The van der Waals surface area contributed by atoms with Crippen molar-refractivity contribution in [1.29, 1.82) is 0 Å². The van der Waals surface area contributed by atoms with Gasteiger partial charge in [0, 0.05) is 17.7 Å². The number of benzene rings is 2. The van der Waals surface area contributed by atoms with Crippen LogP contribution in [0.1, 0.15) is 21.5 Å². The first-order valence-electron chi connectivity index (χ1n) is 6.09. The maximum atomic E-state index is 12.0. The lowest BCUT2D eigenvalue weighted by Crippen LogP contribution is -2.23. The number of amides is 1. The van der Waals surface area contributed by atoms with Crippen LogP contribution < -0.4 is 11.1 Å². The van der Waals surface area contributed by atoms with Gasteiger partial charge < -0.3 is 11.1 Å². The highest BCUT2D eigenvalue weighted by atomic mass is 35.5. The number of nitrogens with one attached hydrogen (secondary N) is 1. The molecule has 0 saturated heterocycles. The van der Waals surface area contributed by atoms with E-state index in [9.17, 15) is 4.79 Å². The van der Waals surface area contributed by atoms with Crippen molar-refractivity contribution in [3.8, 4) is 0 Å². The van der Waals surface area contributed by atoms with Crippen LogP contribution in [0.15, 0.2) is 42.5 Å². The molecular weight excluding hydrogens is 327 g/mol. The summed E-state index contributed by atoms with van der Waals surface area (Å²) >= 11 is 16.6. The van der Waals surface area contributed by atoms with Gasteiger partial charge in [-0.15, -0.1) is 0 Å². The van der Waals surface area contributed by atoms with Crippen LogP contribution in [0.25, 0.3) is 0 Å². The maximum Gasteiger partial charge on any atom is 0.251 e. The number of carbonyl (C=O) groups is 1. The van der Waals surface area contributed by atoms with Crippen molar-refractivity contribution in [2.75, 3.05) is 0 Å². The summed E-state index contributed by atoms with van der Waals surface area (Å²) in [5.41, 5.74) is 7.71. The van der Waals surface area contributed by atoms with Gasteiger partial charge in [-0.2, -0.15) is 0 Å². The van der Waals surface area contributed by atoms with Crippen molar-refractivity contribution in [3.05, 3.63) is 69.2 Å². The smallest absolute Gasteiger partial charge is 0.251 e. The molecule has 0 unspecified atom stereocenters. The summed E-state index contributed by atoms with van der Waals surface area (Å²) in [5, 5.41) is 3.56. The summed E-state index contributed by atoms with van der Waals surface area (Å²) in [6, 6.07) is 12.1. The molecule has 21 heavy (non-hydrogen) atoms. The molecule has 0 radical (unpaired) electrons. The molecule has 0 aliphatic rings. The Morgan fingerprint density at radius 2 is 1.86 bits per heavy atom. The third-order valence-electron chi connectivity index (χ3n) is 2.85. The number of nitrogens with two attached hydrogens (primary N) is 1. The second-order valence-corrected chi connectivity index (χ2v) is 5.63. The Morgan fingerprint density at radius 1 is 1.10 bits per heavy atom. The first-order valence-corrected chi connectivity index (χ1v) is 7.26. The Labute approximate surface area is 138 Å². The van der Waals surface area contributed by atoms with Gasteiger partial charge in [0.2, 0.25) is 0 Å². The fraction of sp³-hybridized carbons (Fsp3) is 0.0667. The second-order valence-electron chi connectivity index (χ2n) is 4.38. The molecule has 2 aromatic rings. The minimum absolute atomic E-state index is 0.228. The topological polar surface area (TPSA) is 55.1 Å². The van der Waals surface area contributed by atoms with E-state index >= 15 is 0 Å². The van der Waals surface area contributed by atoms with Crippen LogP contribution in [0.3, 0.4) is 0 Å². The fourth-order valence-corrected chi connectivity index (χ4v) is 2.18. The third-order valence-corrected chi connectivity index (χ3v) is 3.82. The van der Waals surface area contributed by atoms with Crippen molar-refractivity contribution >= 4 is 46.3 Å². The van der Waals surface area contributed by atoms with Crippen molar-refractivity contribution in [2.45, 2.75) is 6.54 Å². The van der Waals surface area contributed by atoms with Crippen LogP contribution in [-0.2, 0) is 6.54 Å². The fourth-order valence-electron chi connectivity index (χ4n) is 1.76. The van der Waals surface area contributed by atoms with E-state index in [0.29, 0.717) is 27.1 Å². The molecule has 2 rings (SSSR count). The van der Waals surface area contributed by atoms with E-state index in [1.807, 2.05) is 24.3 Å². The van der Waals surface area contributed by atoms with Gasteiger partial charge in [0.25, 0.3) is 5.91 Å². The largest absolute Gasteiger partial charge is 0.389 e.